The highest BCUT2D eigenvalue weighted by Crippen LogP contribution is 2.15. The van der Waals surface area contributed by atoms with Crippen LogP contribution >= 0.6 is 0 Å². The van der Waals surface area contributed by atoms with Crippen LogP contribution in [0.3, 0.4) is 0 Å². The number of rotatable bonds is 7. The Hall–Kier alpha value is -1.56. The standard InChI is InChI=1S/C13H18N2O/c1-2-3-4-5-6-9-16-13-11-15-8-7-12(13)10-14/h7-8,11H,2-6,9H2,1H3. The van der Waals surface area contributed by atoms with Crippen molar-refractivity contribution in [2.75, 3.05) is 6.61 Å². The molecular formula is C13H18N2O. The van der Waals surface area contributed by atoms with Gasteiger partial charge >= 0.3 is 0 Å². The monoisotopic (exact) mass is 218 g/mol. The first kappa shape index (κ1) is 12.5. The molecular weight excluding hydrogens is 200 g/mol. The third-order valence-corrected chi connectivity index (χ3v) is 2.41. The number of pyridine rings is 1. The summed E-state index contributed by atoms with van der Waals surface area (Å²) in [5.74, 6) is 0.598. The second kappa shape index (κ2) is 7.70. The van der Waals surface area contributed by atoms with Gasteiger partial charge in [0.15, 0.2) is 5.75 Å². The van der Waals surface area contributed by atoms with Crippen LogP contribution in [0.25, 0.3) is 0 Å². The molecule has 0 N–H and O–H groups in total. The SMILES string of the molecule is CCCCCCCOc1cnccc1C#N. The van der Waals surface area contributed by atoms with Gasteiger partial charge in [-0.25, -0.2) is 0 Å². The van der Waals surface area contributed by atoms with Crippen molar-refractivity contribution in [3.63, 3.8) is 0 Å². The summed E-state index contributed by atoms with van der Waals surface area (Å²) in [5.41, 5.74) is 0.559. The smallest absolute Gasteiger partial charge is 0.155 e. The molecule has 0 fully saturated rings. The van der Waals surface area contributed by atoms with Crippen LogP contribution in [0.4, 0.5) is 0 Å². The average Bonchev–Trinajstić information content (AvgIpc) is 2.34. The molecule has 1 aromatic heterocycles. The van der Waals surface area contributed by atoms with Gasteiger partial charge in [-0.15, -0.1) is 0 Å². The Morgan fingerprint density at radius 3 is 2.88 bits per heavy atom. The van der Waals surface area contributed by atoms with Crippen LogP contribution in [-0.4, -0.2) is 11.6 Å². The Morgan fingerprint density at radius 2 is 2.12 bits per heavy atom. The van der Waals surface area contributed by atoms with Crippen molar-refractivity contribution < 1.29 is 4.74 Å². The first-order valence-corrected chi connectivity index (χ1v) is 5.85. The van der Waals surface area contributed by atoms with Crippen LogP contribution in [0.5, 0.6) is 5.75 Å². The van der Waals surface area contributed by atoms with Crippen LogP contribution < -0.4 is 4.74 Å². The van der Waals surface area contributed by atoms with Crippen molar-refractivity contribution >= 4 is 0 Å². The summed E-state index contributed by atoms with van der Waals surface area (Å²) in [6.07, 6.45) is 9.24. The van der Waals surface area contributed by atoms with Crippen LogP contribution in [0.2, 0.25) is 0 Å². The van der Waals surface area contributed by atoms with Gasteiger partial charge in [-0.3, -0.25) is 4.98 Å². The predicted molar refractivity (Wildman–Crippen MR) is 63.2 cm³/mol. The topological polar surface area (TPSA) is 45.9 Å². The summed E-state index contributed by atoms with van der Waals surface area (Å²) < 4.78 is 5.52. The van der Waals surface area contributed by atoms with E-state index in [1.165, 1.54) is 25.7 Å². The number of hydrogen-bond donors (Lipinski definition) is 0. The van der Waals surface area contributed by atoms with E-state index in [1.54, 1.807) is 18.5 Å². The third kappa shape index (κ3) is 4.31. The summed E-state index contributed by atoms with van der Waals surface area (Å²) in [4.78, 5) is 3.95. The Balaban J connectivity index is 2.24. The molecule has 16 heavy (non-hydrogen) atoms. The molecule has 3 nitrogen and oxygen atoms in total. The average molecular weight is 218 g/mol. The number of nitrogens with zero attached hydrogens (tertiary/aromatic N) is 2. The van der Waals surface area contributed by atoms with Gasteiger partial charge in [0.05, 0.1) is 18.4 Å². The Bertz CT molecular complexity index is 344. The van der Waals surface area contributed by atoms with Gasteiger partial charge in [0.25, 0.3) is 0 Å². The van der Waals surface area contributed by atoms with Gasteiger partial charge in [-0.1, -0.05) is 32.6 Å². The zero-order valence-corrected chi connectivity index (χ0v) is 9.78. The van der Waals surface area contributed by atoms with E-state index in [1.807, 2.05) is 0 Å². The fourth-order valence-corrected chi connectivity index (χ4v) is 1.48. The van der Waals surface area contributed by atoms with Crippen LogP contribution in [0.15, 0.2) is 18.5 Å². The number of unbranched alkanes of at least 4 members (excludes halogenated alkanes) is 4. The maximum Gasteiger partial charge on any atom is 0.155 e. The molecule has 0 saturated heterocycles. The minimum Gasteiger partial charge on any atom is -0.491 e. The molecule has 0 aliphatic heterocycles. The molecule has 0 aliphatic rings. The molecule has 1 heterocycles. The molecule has 0 saturated carbocycles. The van der Waals surface area contributed by atoms with Gasteiger partial charge in [0, 0.05) is 6.20 Å². The van der Waals surface area contributed by atoms with E-state index in [2.05, 4.69) is 18.0 Å². The molecule has 0 amide bonds. The van der Waals surface area contributed by atoms with Crippen molar-refractivity contribution in [2.24, 2.45) is 0 Å². The predicted octanol–water partition coefficient (Wildman–Crippen LogP) is 3.30. The molecule has 0 bridgehead atoms. The first-order chi connectivity index (χ1) is 7.88. The number of nitriles is 1. The Morgan fingerprint density at radius 1 is 1.31 bits per heavy atom. The third-order valence-electron chi connectivity index (χ3n) is 2.41. The van der Waals surface area contributed by atoms with Crippen molar-refractivity contribution in [3.8, 4) is 11.8 Å². The summed E-state index contributed by atoms with van der Waals surface area (Å²) in [7, 11) is 0. The lowest BCUT2D eigenvalue weighted by Gasteiger charge is -2.06. The second-order valence-corrected chi connectivity index (χ2v) is 3.75. The van der Waals surface area contributed by atoms with E-state index in [-0.39, 0.29) is 0 Å². The highest BCUT2D eigenvalue weighted by Gasteiger charge is 2.01. The highest BCUT2D eigenvalue weighted by molar-refractivity contribution is 5.40. The fraction of sp³-hybridized carbons (Fsp3) is 0.538. The molecule has 0 spiro atoms. The summed E-state index contributed by atoms with van der Waals surface area (Å²) in [5, 5.41) is 8.83. The van der Waals surface area contributed by atoms with E-state index in [0.29, 0.717) is 17.9 Å². The normalized spacial score (nSPS) is 9.75. The maximum absolute atomic E-state index is 8.83. The zero-order chi connectivity index (χ0) is 11.6. The van der Waals surface area contributed by atoms with Crippen LogP contribution in [0.1, 0.15) is 44.6 Å². The second-order valence-electron chi connectivity index (χ2n) is 3.75. The van der Waals surface area contributed by atoms with E-state index in [9.17, 15) is 0 Å². The molecule has 0 radical (unpaired) electrons. The van der Waals surface area contributed by atoms with E-state index >= 15 is 0 Å². The number of aromatic nitrogens is 1. The Labute approximate surface area is 97.1 Å². The summed E-state index contributed by atoms with van der Waals surface area (Å²) in [6, 6.07) is 3.76. The minimum absolute atomic E-state index is 0.559. The Kier molecular flexibility index (Phi) is 6.02. The van der Waals surface area contributed by atoms with Gasteiger partial charge in [0.1, 0.15) is 6.07 Å². The van der Waals surface area contributed by atoms with Crippen LogP contribution in [0, 0.1) is 11.3 Å². The van der Waals surface area contributed by atoms with E-state index < -0.39 is 0 Å². The number of ether oxygens (including phenoxy) is 1. The van der Waals surface area contributed by atoms with E-state index in [4.69, 9.17) is 10.00 Å². The molecule has 1 rings (SSSR count). The van der Waals surface area contributed by atoms with Gasteiger partial charge < -0.3 is 4.74 Å². The molecule has 86 valence electrons. The van der Waals surface area contributed by atoms with E-state index in [0.717, 1.165) is 6.42 Å². The van der Waals surface area contributed by atoms with Gasteiger partial charge in [-0.2, -0.15) is 5.26 Å². The molecule has 0 atom stereocenters. The van der Waals surface area contributed by atoms with Crippen molar-refractivity contribution in [1.29, 1.82) is 5.26 Å². The quantitative estimate of drug-likeness (QED) is 0.659. The van der Waals surface area contributed by atoms with Gasteiger partial charge in [0.2, 0.25) is 0 Å². The molecule has 0 aliphatic carbocycles. The minimum atomic E-state index is 0.559. The molecule has 1 aromatic rings. The van der Waals surface area contributed by atoms with Crippen molar-refractivity contribution in [1.82, 2.24) is 4.98 Å². The molecule has 0 unspecified atom stereocenters. The van der Waals surface area contributed by atoms with Crippen molar-refractivity contribution in [3.05, 3.63) is 24.0 Å². The summed E-state index contributed by atoms with van der Waals surface area (Å²) >= 11 is 0. The van der Waals surface area contributed by atoms with Crippen LogP contribution in [-0.2, 0) is 0 Å². The molecule has 0 aromatic carbocycles. The lowest BCUT2D eigenvalue weighted by molar-refractivity contribution is 0.302. The van der Waals surface area contributed by atoms with Gasteiger partial charge in [-0.05, 0) is 12.5 Å². The maximum atomic E-state index is 8.83. The summed E-state index contributed by atoms with van der Waals surface area (Å²) in [6.45, 7) is 2.87. The lowest BCUT2D eigenvalue weighted by atomic mass is 10.2. The first-order valence-electron chi connectivity index (χ1n) is 5.85. The highest BCUT2D eigenvalue weighted by atomic mass is 16.5. The number of hydrogen-bond acceptors (Lipinski definition) is 3. The fourth-order valence-electron chi connectivity index (χ4n) is 1.48. The largest absolute Gasteiger partial charge is 0.491 e. The molecule has 3 heteroatoms. The van der Waals surface area contributed by atoms with Crippen molar-refractivity contribution in [2.45, 2.75) is 39.0 Å². The lowest BCUT2D eigenvalue weighted by Crippen LogP contribution is -1.99. The zero-order valence-electron chi connectivity index (χ0n) is 9.78.